The highest BCUT2D eigenvalue weighted by molar-refractivity contribution is 8.00. The number of hydrogen-bond acceptors (Lipinski definition) is 4. The smallest absolute Gasteiger partial charge is 0.233 e. The molecular formula is C18H21N3O2S. The maximum atomic E-state index is 12.6. The van der Waals surface area contributed by atoms with Gasteiger partial charge in [-0.1, -0.05) is 30.3 Å². The van der Waals surface area contributed by atoms with E-state index >= 15 is 0 Å². The van der Waals surface area contributed by atoms with Crippen LogP contribution in [0, 0.1) is 6.92 Å². The van der Waals surface area contributed by atoms with Crippen molar-refractivity contribution in [3.05, 3.63) is 65.5 Å². The maximum absolute atomic E-state index is 12.6. The van der Waals surface area contributed by atoms with Gasteiger partial charge in [0.05, 0.1) is 11.5 Å². The highest BCUT2D eigenvalue weighted by atomic mass is 32.2. The van der Waals surface area contributed by atoms with Gasteiger partial charge in [0.1, 0.15) is 0 Å². The first-order chi connectivity index (χ1) is 11.6. The molecule has 0 aliphatic heterocycles. The van der Waals surface area contributed by atoms with Crippen molar-refractivity contribution in [1.82, 2.24) is 9.88 Å². The number of benzene rings is 1. The van der Waals surface area contributed by atoms with Crippen LogP contribution in [0.3, 0.4) is 0 Å². The molecule has 0 saturated heterocycles. The molecular weight excluding hydrogens is 322 g/mol. The average molecular weight is 343 g/mol. The molecule has 1 aromatic heterocycles. The summed E-state index contributed by atoms with van der Waals surface area (Å²) in [6, 6.07) is 11.8. The first kappa shape index (κ1) is 18.0. The quantitative estimate of drug-likeness (QED) is 0.797. The number of carbonyl (C=O) groups excluding carboxylic acids is 2. The fourth-order valence-corrected chi connectivity index (χ4v) is 2.93. The van der Waals surface area contributed by atoms with E-state index in [0.29, 0.717) is 13.1 Å². The second kappa shape index (κ2) is 9.08. The minimum absolute atomic E-state index is 0.0200. The number of aromatic nitrogens is 1. The summed E-state index contributed by atoms with van der Waals surface area (Å²) in [5.41, 5.74) is 8.35. The fraction of sp³-hybridized carbons (Fsp3) is 0.278. The Bertz CT molecular complexity index is 692. The lowest BCUT2D eigenvalue weighted by Gasteiger charge is -2.23. The number of rotatable bonds is 8. The van der Waals surface area contributed by atoms with Gasteiger partial charge < -0.3 is 10.6 Å². The van der Waals surface area contributed by atoms with Gasteiger partial charge in [-0.25, -0.2) is 0 Å². The standard InChI is InChI=1S/C18H21N3O2S/c1-14-5-2-3-7-16(14)11-21(10-15-6-4-8-20-9-15)18(23)13-24-12-17(19)22/h2-9H,10-13H2,1H3,(H2,19,22). The maximum Gasteiger partial charge on any atom is 0.233 e. The van der Waals surface area contributed by atoms with Gasteiger partial charge >= 0.3 is 0 Å². The number of thioether (sulfide) groups is 1. The average Bonchev–Trinajstić information content (AvgIpc) is 2.56. The van der Waals surface area contributed by atoms with Gasteiger partial charge in [-0.2, -0.15) is 0 Å². The lowest BCUT2D eigenvalue weighted by molar-refractivity contribution is -0.129. The Morgan fingerprint density at radius 3 is 2.58 bits per heavy atom. The number of pyridine rings is 1. The largest absolute Gasteiger partial charge is 0.369 e. The van der Waals surface area contributed by atoms with E-state index in [-0.39, 0.29) is 17.4 Å². The van der Waals surface area contributed by atoms with Crippen LogP contribution < -0.4 is 5.73 Å². The highest BCUT2D eigenvalue weighted by Gasteiger charge is 2.16. The predicted molar refractivity (Wildman–Crippen MR) is 96.2 cm³/mol. The monoisotopic (exact) mass is 343 g/mol. The Balaban J connectivity index is 2.10. The summed E-state index contributed by atoms with van der Waals surface area (Å²) in [7, 11) is 0. The Hall–Kier alpha value is -2.34. The van der Waals surface area contributed by atoms with Crippen LogP contribution in [-0.2, 0) is 22.7 Å². The van der Waals surface area contributed by atoms with Crippen LogP contribution in [0.4, 0.5) is 0 Å². The molecule has 0 aliphatic rings. The van der Waals surface area contributed by atoms with E-state index in [1.54, 1.807) is 17.3 Å². The topological polar surface area (TPSA) is 76.3 Å². The van der Waals surface area contributed by atoms with Crippen LogP contribution in [0.25, 0.3) is 0 Å². The van der Waals surface area contributed by atoms with Crippen LogP contribution in [0.15, 0.2) is 48.8 Å². The molecule has 5 nitrogen and oxygen atoms in total. The molecule has 1 heterocycles. The molecule has 0 bridgehead atoms. The third kappa shape index (κ3) is 5.70. The molecule has 1 aromatic carbocycles. The van der Waals surface area contributed by atoms with Crippen molar-refractivity contribution < 1.29 is 9.59 Å². The Labute approximate surface area is 146 Å². The Kier molecular flexibility index (Phi) is 6.81. The fourth-order valence-electron chi connectivity index (χ4n) is 2.27. The van der Waals surface area contributed by atoms with Crippen LogP contribution in [0.1, 0.15) is 16.7 Å². The number of carbonyl (C=O) groups is 2. The van der Waals surface area contributed by atoms with Gasteiger partial charge in [0.2, 0.25) is 11.8 Å². The second-order valence-electron chi connectivity index (χ2n) is 5.50. The summed E-state index contributed by atoms with van der Waals surface area (Å²) < 4.78 is 0. The van der Waals surface area contributed by atoms with Gasteiger partial charge in [-0.05, 0) is 29.7 Å². The van der Waals surface area contributed by atoms with Crippen molar-refractivity contribution >= 4 is 23.6 Å². The van der Waals surface area contributed by atoms with Gasteiger partial charge in [-0.15, -0.1) is 11.8 Å². The SMILES string of the molecule is Cc1ccccc1CN(Cc1cccnc1)C(=O)CSCC(N)=O. The van der Waals surface area contributed by atoms with E-state index in [9.17, 15) is 9.59 Å². The van der Waals surface area contributed by atoms with E-state index in [2.05, 4.69) is 4.98 Å². The van der Waals surface area contributed by atoms with Crippen molar-refractivity contribution in [2.75, 3.05) is 11.5 Å². The minimum atomic E-state index is -0.412. The summed E-state index contributed by atoms with van der Waals surface area (Å²) in [5.74, 6) is -0.0507. The van der Waals surface area contributed by atoms with E-state index in [1.807, 2.05) is 43.3 Å². The van der Waals surface area contributed by atoms with Crippen LogP contribution >= 0.6 is 11.8 Å². The number of nitrogens with zero attached hydrogens (tertiary/aromatic N) is 2. The molecule has 0 radical (unpaired) electrons. The van der Waals surface area contributed by atoms with E-state index < -0.39 is 5.91 Å². The molecule has 24 heavy (non-hydrogen) atoms. The van der Waals surface area contributed by atoms with Gasteiger partial charge in [0.15, 0.2) is 0 Å². The summed E-state index contributed by atoms with van der Waals surface area (Å²) in [6.07, 6.45) is 3.47. The van der Waals surface area contributed by atoms with Crippen LogP contribution in [0.5, 0.6) is 0 Å². The molecule has 0 atom stereocenters. The minimum Gasteiger partial charge on any atom is -0.369 e. The predicted octanol–water partition coefficient (Wildman–Crippen LogP) is 2.14. The molecule has 0 fully saturated rings. The van der Waals surface area contributed by atoms with Crippen molar-refractivity contribution in [2.45, 2.75) is 20.0 Å². The molecule has 2 N–H and O–H groups in total. The zero-order valence-corrected chi connectivity index (χ0v) is 14.5. The molecule has 0 aliphatic carbocycles. The first-order valence-corrected chi connectivity index (χ1v) is 8.79. The molecule has 2 aromatic rings. The summed E-state index contributed by atoms with van der Waals surface area (Å²) >= 11 is 1.24. The van der Waals surface area contributed by atoms with E-state index in [1.165, 1.54) is 11.8 Å². The molecule has 2 rings (SSSR count). The van der Waals surface area contributed by atoms with E-state index in [0.717, 1.165) is 16.7 Å². The van der Waals surface area contributed by atoms with Gasteiger partial charge in [0, 0.05) is 25.5 Å². The Morgan fingerprint density at radius 1 is 1.12 bits per heavy atom. The lowest BCUT2D eigenvalue weighted by atomic mass is 10.1. The zero-order chi connectivity index (χ0) is 17.4. The van der Waals surface area contributed by atoms with Crippen molar-refractivity contribution in [2.24, 2.45) is 5.73 Å². The van der Waals surface area contributed by atoms with Crippen molar-refractivity contribution in [3.63, 3.8) is 0 Å². The van der Waals surface area contributed by atoms with Gasteiger partial charge in [-0.3, -0.25) is 14.6 Å². The molecule has 0 unspecified atom stereocenters. The van der Waals surface area contributed by atoms with Crippen molar-refractivity contribution in [3.8, 4) is 0 Å². The summed E-state index contributed by atoms with van der Waals surface area (Å²) in [5, 5.41) is 0. The molecule has 0 spiro atoms. The third-order valence-corrected chi connectivity index (χ3v) is 4.48. The third-order valence-electron chi connectivity index (χ3n) is 3.54. The van der Waals surface area contributed by atoms with Crippen LogP contribution in [-0.4, -0.2) is 33.2 Å². The normalized spacial score (nSPS) is 10.4. The summed E-state index contributed by atoms with van der Waals surface area (Å²) in [6.45, 7) is 3.04. The highest BCUT2D eigenvalue weighted by Crippen LogP contribution is 2.15. The number of nitrogens with two attached hydrogens (primary N) is 1. The van der Waals surface area contributed by atoms with E-state index in [4.69, 9.17) is 5.73 Å². The number of hydrogen-bond donors (Lipinski definition) is 1. The van der Waals surface area contributed by atoms with Crippen LogP contribution in [0.2, 0.25) is 0 Å². The first-order valence-electron chi connectivity index (χ1n) is 7.63. The zero-order valence-electron chi connectivity index (χ0n) is 13.6. The molecule has 6 heteroatoms. The summed E-state index contributed by atoms with van der Waals surface area (Å²) in [4.78, 5) is 29.3. The molecule has 0 saturated carbocycles. The van der Waals surface area contributed by atoms with Crippen molar-refractivity contribution in [1.29, 1.82) is 0 Å². The molecule has 2 amide bonds. The second-order valence-corrected chi connectivity index (χ2v) is 6.48. The lowest BCUT2D eigenvalue weighted by Crippen LogP contribution is -2.32. The molecule has 126 valence electrons. The van der Waals surface area contributed by atoms with Gasteiger partial charge in [0.25, 0.3) is 0 Å². The number of amides is 2. The Morgan fingerprint density at radius 2 is 1.92 bits per heavy atom. The number of aryl methyl sites for hydroxylation is 1. The number of primary amides is 1.